The lowest BCUT2D eigenvalue weighted by atomic mass is 9.98. The fourth-order valence-corrected chi connectivity index (χ4v) is 7.26. The van der Waals surface area contributed by atoms with Crippen molar-refractivity contribution in [2.45, 2.75) is 29.1 Å². The van der Waals surface area contributed by atoms with E-state index in [9.17, 15) is 12.8 Å². The van der Waals surface area contributed by atoms with E-state index < -0.39 is 16.2 Å². The van der Waals surface area contributed by atoms with E-state index in [-0.39, 0.29) is 17.4 Å². The maximum Gasteiger partial charge on any atom is 0.243 e. The number of sulfonamides is 1. The second-order valence-electron chi connectivity index (χ2n) is 7.05. The Morgan fingerprint density at radius 3 is 2.96 bits per heavy atom. The van der Waals surface area contributed by atoms with Gasteiger partial charge in [-0.15, -0.1) is 0 Å². The minimum atomic E-state index is -3.72. The molecule has 10 heteroatoms. The molecule has 6 nitrogen and oxygen atoms in total. The molecule has 3 heterocycles. The quantitative estimate of drug-likeness (QED) is 0.434. The molecule has 4 rings (SSSR count). The van der Waals surface area contributed by atoms with Crippen LogP contribution in [0.1, 0.15) is 12.0 Å². The summed E-state index contributed by atoms with van der Waals surface area (Å²) in [6, 6.07) is 3.30. The van der Waals surface area contributed by atoms with Crippen molar-refractivity contribution >= 4 is 44.4 Å². The van der Waals surface area contributed by atoms with Crippen LogP contribution in [0.15, 0.2) is 34.6 Å². The monoisotopic (exact) mass is 537 g/mol. The van der Waals surface area contributed by atoms with E-state index in [0.717, 1.165) is 20.0 Å². The molecule has 2 atom stereocenters. The van der Waals surface area contributed by atoms with Gasteiger partial charge in [-0.05, 0) is 46.7 Å². The highest BCUT2D eigenvalue weighted by molar-refractivity contribution is 14.1. The molecule has 0 spiro atoms. The molecule has 28 heavy (non-hydrogen) atoms. The number of aromatic nitrogens is 2. The molecule has 0 bridgehead atoms. The molecule has 2 unspecified atom stereocenters. The molecule has 1 aromatic carbocycles. The number of rotatable bonds is 5. The van der Waals surface area contributed by atoms with Gasteiger partial charge in [-0.2, -0.15) is 4.31 Å². The maximum absolute atomic E-state index is 14.8. The van der Waals surface area contributed by atoms with Crippen LogP contribution < -0.4 is 4.74 Å². The van der Waals surface area contributed by atoms with Gasteiger partial charge in [0, 0.05) is 50.6 Å². The number of fused-ring (bicyclic) bond motifs is 1. The standard InChI is InChI=1S/C18H21FIN3O3S2/c1-22-6-4-21-18(22)27-11-13-2-5-23(10-15(13)19)28(24,25)14-8-12-3-7-26-17(12)16(20)9-14/h4,6,8-9,13,15H,2-3,5,7,10-11H2,1H3. The number of alkyl halides is 1. The van der Waals surface area contributed by atoms with Crippen molar-refractivity contribution in [3.8, 4) is 5.75 Å². The number of aryl methyl sites for hydroxylation is 1. The molecular weight excluding hydrogens is 516 g/mol. The summed E-state index contributed by atoms with van der Waals surface area (Å²) >= 11 is 3.61. The number of hydrogen-bond acceptors (Lipinski definition) is 5. The van der Waals surface area contributed by atoms with Crippen LogP contribution in [0, 0.1) is 9.49 Å². The Bertz CT molecular complexity index is 982. The van der Waals surface area contributed by atoms with Crippen molar-refractivity contribution in [3.63, 3.8) is 0 Å². The molecule has 1 aromatic heterocycles. The number of imidazole rings is 1. The first-order chi connectivity index (χ1) is 13.4. The zero-order valence-electron chi connectivity index (χ0n) is 15.3. The van der Waals surface area contributed by atoms with E-state index in [0.29, 0.717) is 31.7 Å². The highest BCUT2D eigenvalue weighted by atomic mass is 127. The van der Waals surface area contributed by atoms with Crippen LogP contribution in [0.25, 0.3) is 0 Å². The topological polar surface area (TPSA) is 64.4 Å². The summed E-state index contributed by atoms with van der Waals surface area (Å²) in [5.74, 6) is 1.18. The number of piperidine rings is 1. The molecule has 1 saturated heterocycles. The van der Waals surface area contributed by atoms with Crippen LogP contribution >= 0.6 is 34.4 Å². The molecule has 2 aliphatic heterocycles. The number of benzene rings is 1. The van der Waals surface area contributed by atoms with Crippen molar-refractivity contribution in [1.29, 1.82) is 0 Å². The zero-order chi connectivity index (χ0) is 19.9. The van der Waals surface area contributed by atoms with Crippen molar-refractivity contribution < 1.29 is 17.5 Å². The summed E-state index contributed by atoms with van der Waals surface area (Å²) in [4.78, 5) is 4.47. The predicted octanol–water partition coefficient (Wildman–Crippen LogP) is 3.10. The van der Waals surface area contributed by atoms with Gasteiger partial charge in [0.15, 0.2) is 5.16 Å². The minimum absolute atomic E-state index is 0.0989. The average molecular weight is 537 g/mol. The first-order valence-electron chi connectivity index (χ1n) is 9.06. The molecule has 0 amide bonds. The Kier molecular flexibility index (Phi) is 5.92. The summed E-state index contributed by atoms with van der Waals surface area (Å²) < 4.78 is 50.5. The Hall–Kier alpha value is -0.850. The van der Waals surface area contributed by atoms with E-state index in [1.807, 2.05) is 17.8 Å². The highest BCUT2D eigenvalue weighted by Crippen LogP contribution is 2.35. The average Bonchev–Trinajstić information content (AvgIpc) is 3.29. The number of hydrogen-bond donors (Lipinski definition) is 0. The van der Waals surface area contributed by atoms with E-state index in [4.69, 9.17) is 4.74 Å². The summed E-state index contributed by atoms with van der Waals surface area (Å²) in [6.07, 6.45) is 3.59. The Morgan fingerprint density at radius 2 is 2.25 bits per heavy atom. The third-order valence-corrected chi connectivity index (χ3v) is 9.08. The largest absolute Gasteiger partial charge is 0.492 e. The molecule has 0 saturated carbocycles. The lowest BCUT2D eigenvalue weighted by Crippen LogP contribution is -2.45. The second-order valence-corrected chi connectivity index (χ2v) is 11.1. The van der Waals surface area contributed by atoms with Crippen LogP contribution in [-0.4, -0.2) is 53.9 Å². The molecule has 2 aliphatic rings. The SMILES string of the molecule is Cn1ccnc1SCC1CCN(S(=O)(=O)c2cc(I)c3c(c2)CCO3)CC1F. The van der Waals surface area contributed by atoms with Gasteiger partial charge in [-0.25, -0.2) is 17.8 Å². The fourth-order valence-electron chi connectivity index (χ4n) is 3.54. The van der Waals surface area contributed by atoms with Gasteiger partial charge in [0.25, 0.3) is 0 Å². The van der Waals surface area contributed by atoms with Crippen molar-refractivity contribution in [2.24, 2.45) is 13.0 Å². The third kappa shape index (κ3) is 3.92. The van der Waals surface area contributed by atoms with E-state index in [1.165, 1.54) is 16.1 Å². The van der Waals surface area contributed by atoms with Gasteiger partial charge in [0.2, 0.25) is 10.0 Å². The second kappa shape index (κ2) is 8.11. The third-order valence-electron chi connectivity index (χ3n) is 5.19. The van der Waals surface area contributed by atoms with E-state index in [1.54, 1.807) is 18.3 Å². The molecule has 2 aromatic rings. The van der Waals surface area contributed by atoms with Crippen molar-refractivity contribution in [3.05, 3.63) is 33.7 Å². The van der Waals surface area contributed by atoms with Gasteiger partial charge in [-0.1, -0.05) is 11.8 Å². The van der Waals surface area contributed by atoms with Gasteiger partial charge >= 0.3 is 0 Å². The molecule has 1 fully saturated rings. The Labute approximate surface area is 182 Å². The molecule has 152 valence electrons. The van der Waals surface area contributed by atoms with E-state index >= 15 is 0 Å². The van der Waals surface area contributed by atoms with Gasteiger partial charge in [0.05, 0.1) is 15.1 Å². The van der Waals surface area contributed by atoms with Crippen LogP contribution in [0.5, 0.6) is 5.75 Å². The zero-order valence-corrected chi connectivity index (χ0v) is 19.1. The lowest BCUT2D eigenvalue weighted by molar-refractivity contribution is 0.146. The summed E-state index contributed by atoms with van der Waals surface area (Å²) in [7, 11) is -1.81. The van der Waals surface area contributed by atoms with Gasteiger partial charge < -0.3 is 9.30 Å². The van der Waals surface area contributed by atoms with Crippen molar-refractivity contribution in [1.82, 2.24) is 13.9 Å². The molecule has 0 N–H and O–H groups in total. The normalized spacial score (nSPS) is 22.8. The predicted molar refractivity (Wildman–Crippen MR) is 114 cm³/mol. The van der Waals surface area contributed by atoms with Crippen LogP contribution in [0.3, 0.4) is 0 Å². The molecule has 0 radical (unpaired) electrons. The maximum atomic E-state index is 14.8. The summed E-state index contributed by atoms with van der Waals surface area (Å²) in [5, 5.41) is 0.845. The highest BCUT2D eigenvalue weighted by Gasteiger charge is 2.36. The first kappa shape index (κ1) is 20.4. The first-order valence-corrected chi connectivity index (χ1v) is 12.6. The lowest BCUT2D eigenvalue weighted by Gasteiger charge is -2.33. The Balaban J connectivity index is 1.44. The van der Waals surface area contributed by atoms with Gasteiger partial charge in [0.1, 0.15) is 11.9 Å². The van der Waals surface area contributed by atoms with Crippen LogP contribution in [0.2, 0.25) is 0 Å². The number of ether oxygens (including phenoxy) is 1. The molecular formula is C18H21FIN3O3S2. The van der Waals surface area contributed by atoms with E-state index in [2.05, 4.69) is 27.6 Å². The summed E-state index contributed by atoms with van der Waals surface area (Å²) in [6.45, 7) is 0.803. The number of halogens is 2. The van der Waals surface area contributed by atoms with Crippen molar-refractivity contribution in [2.75, 3.05) is 25.4 Å². The molecule has 0 aliphatic carbocycles. The van der Waals surface area contributed by atoms with Crippen LogP contribution in [0.4, 0.5) is 4.39 Å². The smallest absolute Gasteiger partial charge is 0.243 e. The Morgan fingerprint density at radius 1 is 1.43 bits per heavy atom. The fraction of sp³-hybridized carbons (Fsp3) is 0.500. The van der Waals surface area contributed by atoms with Crippen LogP contribution in [-0.2, 0) is 23.5 Å². The minimum Gasteiger partial charge on any atom is -0.492 e. The number of thioether (sulfide) groups is 1. The summed E-state index contributed by atoms with van der Waals surface area (Å²) in [5.41, 5.74) is 0.906. The number of nitrogens with zero attached hydrogens (tertiary/aromatic N) is 3. The van der Waals surface area contributed by atoms with Gasteiger partial charge in [-0.3, -0.25) is 0 Å².